The Kier molecular flexibility index (Phi) is 4.23. The van der Waals surface area contributed by atoms with Crippen LogP contribution < -0.4 is 0 Å². The van der Waals surface area contributed by atoms with Gasteiger partial charge in [-0.15, -0.1) is 5.10 Å². The number of rotatable bonds is 3. The molecule has 7 nitrogen and oxygen atoms in total. The molecule has 0 aliphatic rings. The lowest BCUT2D eigenvalue weighted by Gasteiger charge is -2.09. The van der Waals surface area contributed by atoms with Gasteiger partial charge in [-0.2, -0.15) is 0 Å². The van der Waals surface area contributed by atoms with E-state index in [2.05, 4.69) is 19.8 Å². The minimum Gasteiger partial charge on any atom is -0.464 e. The van der Waals surface area contributed by atoms with Gasteiger partial charge in [0.15, 0.2) is 5.69 Å². The summed E-state index contributed by atoms with van der Waals surface area (Å²) >= 11 is 5.96. The van der Waals surface area contributed by atoms with E-state index in [1.165, 1.54) is 18.9 Å². The lowest BCUT2D eigenvalue weighted by atomic mass is 10.2. The number of carbonyl (C=O) groups is 2. The maximum Gasteiger partial charge on any atom is 0.361 e. The number of benzene rings is 1. The van der Waals surface area contributed by atoms with Crippen LogP contribution in [0.5, 0.6) is 0 Å². The third kappa shape index (κ3) is 2.73. The lowest BCUT2D eigenvalue weighted by molar-refractivity contribution is 0.0546. The van der Waals surface area contributed by atoms with Crippen LogP contribution in [0.15, 0.2) is 18.2 Å². The van der Waals surface area contributed by atoms with Crippen LogP contribution in [0.1, 0.15) is 26.5 Å². The Bertz CT molecular complexity index is 711. The first-order valence-electron chi connectivity index (χ1n) is 5.88. The number of esters is 2. The fraction of sp³-hybridized carbons (Fsp3) is 0.231. The van der Waals surface area contributed by atoms with E-state index in [1.807, 2.05) is 6.92 Å². The van der Waals surface area contributed by atoms with Crippen LogP contribution in [0.3, 0.4) is 0 Å². The van der Waals surface area contributed by atoms with Crippen LogP contribution in [0.2, 0.25) is 5.02 Å². The number of aromatic nitrogens is 3. The summed E-state index contributed by atoms with van der Waals surface area (Å²) in [4.78, 5) is 23.6. The molecule has 2 aromatic rings. The fourth-order valence-electron chi connectivity index (χ4n) is 1.78. The van der Waals surface area contributed by atoms with Crippen molar-refractivity contribution < 1.29 is 19.1 Å². The summed E-state index contributed by atoms with van der Waals surface area (Å²) in [6.45, 7) is 1.81. The number of hydrogen-bond acceptors (Lipinski definition) is 6. The largest absolute Gasteiger partial charge is 0.464 e. The molecule has 110 valence electrons. The number of hydrogen-bond donors (Lipinski definition) is 0. The van der Waals surface area contributed by atoms with Gasteiger partial charge in [0.05, 0.1) is 19.9 Å². The molecule has 0 fully saturated rings. The molecule has 0 saturated carbocycles. The molecule has 21 heavy (non-hydrogen) atoms. The SMILES string of the molecule is COC(=O)c1nnn(-c2cc(Cl)ccc2C)c1C(=O)OC. The van der Waals surface area contributed by atoms with E-state index < -0.39 is 11.9 Å². The molecular weight excluding hydrogens is 298 g/mol. The van der Waals surface area contributed by atoms with Crippen molar-refractivity contribution >= 4 is 23.5 Å². The van der Waals surface area contributed by atoms with Crippen LogP contribution in [0, 0.1) is 6.92 Å². The van der Waals surface area contributed by atoms with E-state index in [-0.39, 0.29) is 11.4 Å². The van der Waals surface area contributed by atoms with Gasteiger partial charge in [0.1, 0.15) is 0 Å². The molecule has 0 amide bonds. The van der Waals surface area contributed by atoms with Gasteiger partial charge in [-0.3, -0.25) is 0 Å². The minimum atomic E-state index is -0.777. The third-order valence-corrected chi connectivity index (χ3v) is 3.06. The zero-order valence-electron chi connectivity index (χ0n) is 11.6. The minimum absolute atomic E-state index is 0.116. The summed E-state index contributed by atoms with van der Waals surface area (Å²) in [6, 6.07) is 5.08. The number of aryl methyl sites for hydroxylation is 1. The van der Waals surface area contributed by atoms with E-state index >= 15 is 0 Å². The molecule has 0 aliphatic heterocycles. The number of carbonyl (C=O) groups excluding carboxylic acids is 2. The van der Waals surface area contributed by atoms with Gasteiger partial charge in [0, 0.05) is 5.02 Å². The van der Waals surface area contributed by atoms with E-state index in [9.17, 15) is 9.59 Å². The maximum absolute atomic E-state index is 11.9. The van der Waals surface area contributed by atoms with Crippen molar-refractivity contribution in [1.29, 1.82) is 0 Å². The van der Waals surface area contributed by atoms with Crippen LogP contribution in [0.25, 0.3) is 5.69 Å². The Morgan fingerprint density at radius 1 is 1.19 bits per heavy atom. The quantitative estimate of drug-likeness (QED) is 0.804. The highest BCUT2D eigenvalue weighted by Gasteiger charge is 2.28. The summed E-state index contributed by atoms with van der Waals surface area (Å²) in [5.74, 6) is -1.53. The summed E-state index contributed by atoms with van der Waals surface area (Å²) < 4.78 is 10.5. The molecule has 0 bridgehead atoms. The second-order valence-corrected chi connectivity index (χ2v) is 4.55. The van der Waals surface area contributed by atoms with Gasteiger partial charge in [0.2, 0.25) is 5.69 Å². The fourth-order valence-corrected chi connectivity index (χ4v) is 1.94. The Labute approximate surface area is 125 Å². The van der Waals surface area contributed by atoms with E-state index in [4.69, 9.17) is 11.6 Å². The average Bonchev–Trinajstić information content (AvgIpc) is 2.92. The molecule has 0 unspecified atom stereocenters. The molecule has 1 heterocycles. The smallest absolute Gasteiger partial charge is 0.361 e. The molecule has 1 aromatic carbocycles. The predicted octanol–water partition coefficient (Wildman–Crippen LogP) is 1.80. The Balaban J connectivity index is 2.69. The summed E-state index contributed by atoms with van der Waals surface area (Å²) in [6.07, 6.45) is 0. The zero-order chi connectivity index (χ0) is 15.6. The Morgan fingerprint density at radius 2 is 1.86 bits per heavy atom. The monoisotopic (exact) mass is 309 g/mol. The van der Waals surface area contributed by atoms with Crippen LogP contribution in [0.4, 0.5) is 0 Å². The van der Waals surface area contributed by atoms with Gasteiger partial charge in [-0.1, -0.05) is 22.9 Å². The lowest BCUT2D eigenvalue weighted by Crippen LogP contribution is -2.16. The first kappa shape index (κ1) is 15.0. The summed E-state index contributed by atoms with van der Waals surface area (Å²) in [5.41, 5.74) is 0.981. The van der Waals surface area contributed by atoms with Crippen molar-refractivity contribution in [2.24, 2.45) is 0 Å². The van der Waals surface area contributed by atoms with Crippen molar-refractivity contribution in [2.75, 3.05) is 14.2 Å². The van der Waals surface area contributed by atoms with Crippen LogP contribution in [-0.4, -0.2) is 41.2 Å². The molecule has 1 aromatic heterocycles. The number of nitrogens with zero attached hydrogens (tertiary/aromatic N) is 3. The number of halogens is 1. The predicted molar refractivity (Wildman–Crippen MR) is 73.8 cm³/mol. The Morgan fingerprint density at radius 3 is 2.48 bits per heavy atom. The van der Waals surface area contributed by atoms with Gasteiger partial charge in [0.25, 0.3) is 0 Å². The molecule has 0 spiro atoms. The molecule has 8 heteroatoms. The van der Waals surface area contributed by atoms with Crippen LogP contribution >= 0.6 is 11.6 Å². The van der Waals surface area contributed by atoms with Gasteiger partial charge in [-0.05, 0) is 24.6 Å². The molecule has 0 N–H and O–H groups in total. The van der Waals surface area contributed by atoms with Gasteiger partial charge < -0.3 is 9.47 Å². The number of ether oxygens (including phenoxy) is 2. The van der Waals surface area contributed by atoms with Crippen LogP contribution in [-0.2, 0) is 9.47 Å². The molecule has 2 rings (SSSR count). The number of methoxy groups -OCH3 is 2. The van der Waals surface area contributed by atoms with E-state index in [1.54, 1.807) is 18.2 Å². The average molecular weight is 310 g/mol. The highest BCUT2D eigenvalue weighted by Crippen LogP contribution is 2.22. The third-order valence-electron chi connectivity index (χ3n) is 2.83. The second-order valence-electron chi connectivity index (χ2n) is 4.11. The topological polar surface area (TPSA) is 83.3 Å². The Hall–Kier alpha value is -2.41. The molecule has 0 aliphatic carbocycles. The highest BCUT2D eigenvalue weighted by atomic mass is 35.5. The second kappa shape index (κ2) is 5.92. The summed E-state index contributed by atoms with van der Waals surface area (Å²) in [7, 11) is 2.39. The van der Waals surface area contributed by atoms with Crippen molar-refractivity contribution in [3.05, 3.63) is 40.2 Å². The van der Waals surface area contributed by atoms with Gasteiger partial charge >= 0.3 is 11.9 Å². The van der Waals surface area contributed by atoms with Crippen molar-refractivity contribution in [1.82, 2.24) is 15.0 Å². The highest BCUT2D eigenvalue weighted by molar-refractivity contribution is 6.30. The van der Waals surface area contributed by atoms with Crippen molar-refractivity contribution in [2.45, 2.75) is 6.92 Å². The summed E-state index contributed by atoms with van der Waals surface area (Å²) in [5, 5.41) is 7.99. The van der Waals surface area contributed by atoms with Gasteiger partial charge in [-0.25, -0.2) is 14.3 Å². The van der Waals surface area contributed by atoms with Crippen molar-refractivity contribution in [3.8, 4) is 5.69 Å². The molecular formula is C13H12ClN3O4. The normalized spacial score (nSPS) is 10.3. The first-order chi connectivity index (χ1) is 9.99. The zero-order valence-corrected chi connectivity index (χ0v) is 12.3. The molecule has 0 radical (unpaired) electrons. The van der Waals surface area contributed by atoms with Crippen molar-refractivity contribution in [3.63, 3.8) is 0 Å². The molecule has 0 atom stereocenters. The first-order valence-corrected chi connectivity index (χ1v) is 6.26. The molecule has 0 saturated heterocycles. The van der Waals surface area contributed by atoms with E-state index in [0.717, 1.165) is 5.56 Å². The van der Waals surface area contributed by atoms with E-state index in [0.29, 0.717) is 10.7 Å². The standard InChI is InChI=1S/C13H12ClN3O4/c1-7-4-5-8(14)6-9(7)17-11(13(19)21-3)10(15-16-17)12(18)20-2/h4-6H,1-3H3. The maximum atomic E-state index is 11.9.